The van der Waals surface area contributed by atoms with Crippen molar-refractivity contribution >= 4 is 12.0 Å². The molecule has 0 aliphatic carbocycles. The lowest BCUT2D eigenvalue weighted by atomic mass is 10.1. The van der Waals surface area contributed by atoms with Crippen LogP contribution in [0, 0.1) is 5.92 Å². The maximum absolute atomic E-state index is 11.6. The number of rotatable bonds is 5. The number of hydrogen-bond donors (Lipinski definition) is 2. The smallest absolute Gasteiger partial charge is 0.408 e. The van der Waals surface area contributed by atoms with Crippen molar-refractivity contribution in [1.82, 2.24) is 10.6 Å². The van der Waals surface area contributed by atoms with E-state index < -0.39 is 17.7 Å². The van der Waals surface area contributed by atoms with Crippen LogP contribution in [0.1, 0.15) is 48.0 Å². The van der Waals surface area contributed by atoms with Gasteiger partial charge in [-0.1, -0.05) is 13.8 Å². The van der Waals surface area contributed by atoms with E-state index in [0.29, 0.717) is 12.5 Å². The Morgan fingerprint density at radius 2 is 1.72 bits per heavy atom. The Hall–Kier alpha value is -1.26. The number of carbonyl (C=O) groups is 2. The van der Waals surface area contributed by atoms with Crippen molar-refractivity contribution < 1.29 is 14.3 Å². The van der Waals surface area contributed by atoms with Gasteiger partial charge in [-0.05, 0) is 40.0 Å². The Bertz CT molecular complexity index is 282. The van der Waals surface area contributed by atoms with Crippen LogP contribution in [0.25, 0.3) is 0 Å². The first-order valence-electron chi connectivity index (χ1n) is 6.39. The van der Waals surface area contributed by atoms with E-state index in [1.165, 1.54) is 0 Å². The lowest BCUT2D eigenvalue weighted by Gasteiger charge is -2.21. The number of amides is 2. The van der Waals surface area contributed by atoms with Crippen LogP contribution in [-0.2, 0) is 9.53 Å². The van der Waals surface area contributed by atoms with E-state index in [0.717, 1.165) is 6.42 Å². The van der Waals surface area contributed by atoms with Crippen LogP contribution in [-0.4, -0.2) is 30.2 Å². The minimum atomic E-state index is -0.591. The largest absolute Gasteiger partial charge is 0.444 e. The number of hydrogen-bond acceptors (Lipinski definition) is 3. The molecule has 0 aromatic carbocycles. The Kier molecular flexibility index (Phi) is 6.73. The zero-order valence-corrected chi connectivity index (χ0v) is 12.3. The van der Waals surface area contributed by atoms with Crippen LogP contribution < -0.4 is 10.6 Å². The lowest BCUT2D eigenvalue weighted by molar-refractivity contribution is -0.122. The van der Waals surface area contributed by atoms with Gasteiger partial charge in [-0.3, -0.25) is 4.79 Å². The van der Waals surface area contributed by atoms with Gasteiger partial charge in [-0.15, -0.1) is 0 Å². The van der Waals surface area contributed by atoms with Crippen molar-refractivity contribution in [2.24, 2.45) is 5.92 Å². The molecule has 5 heteroatoms. The highest BCUT2D eigenvalue weighted by molar-refractivity contribution is 5.85. The third kappa shape index (κ3) is 8.84. The predicted octanol–water partition coefficient (Wildman–Crippen LogP) is 2.06. The topological polar surface area (TPSA) is 67.4 Å². The third-order valence-electron chi connectivity index (χ3n) is 2.15. The number of alkyl carbamates (subject to hydrolysis) is 1. The molecule has 0 aromatic rings. The number of carbonyl (C=O) groups excluding carboxylic acids is 2. The first kappa shape index (κ1) is 16.7. The standard InChI is InChI=1S/C13H26N2O3/c1-9(2)7-8-14-11(16)10(3)15-12(17)18-13(4,5)6/h9-10H,7-8H2,1-6H3,(H,14,16)(H,15,17). The van der Waals surface area contributed by atoms with Crippen molar-refractivity contribution in [3.05, 3.63) is 0 Å². The summed E-state index contributed by atoms with van der Waals surface area (Å²) >= 11 is 0. The van der Waals surface area contributed by atoms with Gasteiger partial charge in [0.25, 0.3) is 0 Å². The normalized spacial score (nSPS) is 13.1. The summed E-state index contributed by atoms with van der Waals surface area (Å²) in [7, 11) is 0. The second kappa shape index (κ2) is 7.24. The Balaban J connectivity index is 3.97. The van der Waals surface area contributed by atoms with Crippen LogP contribution in [0.4, 0.5) is 4.79 Å². The molecule has 5 nitrogen and oxygen atoms in total. The molecule has 2 N–H and O–H groups in total. The SMILES string of the molecule is CC(C)CCNC(=O)C(C)NC(=O)OC(C)(C)C. The monoisotopic (exact) mass is 258 g/mol. The third-order valence-corrected chi connectivity index (χ3v) is 2.15. The van der Waals surface area contributed by atoms with Gasteiger partial charge in [0.1, 0.15) is 11.6 Å². The molecule has 0 rings (SSSR count). The maximum Gasteiger partial charge on any atom is 0.408 e. The highest BCUT2D eigenvalue weighted by atomic mass is 16.6. The molecule has 2 amide bonds. The fourth-order valence-corrected chi connectivity index (χ4v) is 1.19. The average molecular weight is 258 g/mol. The molecule has 0 saturated heterocycles. The molecular weight excluding hydrogens is 232 g/mol. The molecule has 0 fully saturated rings. The molecule has 0 spiro atoms. The molecule has 0 aliphatic rings. The van der Waals surface area contributed by atoms with Gasteiger partial charge < -0.3 is 15.4 Å². The molecule has 0 heterocycles. The molecule has 18 heavy (non-hydrogen) atoms. The summed E-state index contributed by atoms with van der Waals surface area (Å²) in [6.07, 6.45) is 0.347. The van der Waals surface area contributed by atoms with E-state index in [9.17, 15) is 9.59 Å². The highest BCUT2D eigenvalue weighted by Gasteiger charge is 2.20. The summed E-state index contributed by atoms with van der Waals surface area (Å²) in [6.45, 7) is 11.8. The fourth-order valence-electron chi connectivity index (χ4n) is 1.19. The van der Waals surface area contributed by atoms with E-state index in [4.69, 9.17) is 4.74 Å². The molecule has 1 atom stereocenters. The average Bonchev–Trinajstić information content (AvgIpc) is 2.13. The zero-order valence-electron chi connectivity index (χ0n) is 12.3. The lowest BCUT2D eigenvalue weighted by Crippen LogP contribution is -2.46. The van der Waals surface area contributed by atoms with Crippen LogP contribution in [0.3, 0.4) is 0 Å². The fraction of sp³-hybridized carbons (Fsp3) is 0.846. The van der Waals surface area contributed by atoms with Gasteiger partial charge >= 0.3 is 6.09 Å². The van der Waals surface area contributed by atoms with Crippen LogP contribution in [0.2, 0.25) is 0 Å². The number of nitrogens with one attached hydrogen (secondary N) is 2. The van der Waals surface area contributed by atoms with Crippen LogP contribution >= 0.6 is 0 Å². The van der Waals surface area contributed by atoms with E-state index in [1.54, 1.807) is 27.7 Å². The summed E-state index contributed by atoms with van der Waals surface area (Å²) in [5, 5.41) is 5.27. The van der Waals surface area contributed by atoms with Crippen molar-refractivity contribution in [3.8, 4) is 0 Å². The quantitative estimate of drug-likeness (QED) is 0.793. The summed E-state index contributed by atoms with van der Waals surface area (Å²) < 4.78 is 5.07. The molecule has 1 unspecified atom stereocenters. The van der Waals surface area contributed by atoms with E-state index in [-0.39, 0.29) is 5.91 Å². The van der Waals surface area contributed by atoms with Gasteiger partial charge in [0.2, 0.25) is 5.91 Å². The highest BCUT2D eigenvalue weighted by Crippen LogP contribution is 2.06. The Labute approximate surface area is 110 Å². The van der Waals surface area contributed by atoms with Gasteiger partial charge in [-0.25, -0.2) is 4.79 Å². The van der Waals surface area contributed by atoms with Crippen LogP contribution in [0.15, 0.2) is 0 Å². The molecule has 0 aliphatic heterocycles. The van der Waals surface area contributed by atoms with Crippen molar-refractivity contribution in [2.75, 3.05) is 6.54 Å². The van der Waals surface area contributed by atoms with Gasteiger partial charge in [0, 0.05) is 6.54 Å². The summed E-state index contributed by atoms with van der Waals surface area (Å²) in [5.74, 6) is 0.348. The number of ether oxygens (including phenoxy) is 1. The van der Waals surface area contributed by atoms with Crippen molar-refractivity contribution in [3.63, 3.8) is 0 Å². The molecule has 106 valence electrons. The van der Waals surface area contributed by atoms with Crippen LogP contribution in [0.5, 0.6) is 0 Å². The summed E-state index contributed by atoms with van der Waals surface area (Å²) in [4.78, 5) is 23.1. The van der Waals surface area contributed by atoms with E-state index >= 15 is 0 Å². The summed E-state index contributed by atoms with van der Waals surface area (Å²) in [5.41, 5.74) is -0.558. The maximum atomic E-state index is 11.6. The molecule has 0 radical (unpaired) electrons. The van der Waals surface area contributed by atoms with Gasteiger partial charge in [0.15, 0.2) is 0 Å². The van der Waals surface area contributed by atoms with Crippen molar-refractivity contribution in [1.29, 1.82) is 0 Å². The summed E-state index contributed by atoms with van der Waals surface area (Å²) in [6, 6.07) is -0.591. The van der Waals surface area contributed by atoms with Gasteiger partial charge in [0.05, 0.1) is 0 Å². The Morgan fingerprint density at radius 3 is 2.17 bits per heavy atom. The molecule has 0 bridgehead atoms. The first-order valence-corrected chi connectivity index (χ1v) is 6.39. The second-order valence-electron chi connectivity index (χ2n) is 5.84. The van der Waals surface area contributed by atoms with E-state index in [2.05, 4.69) is 24.5 Å². The predicted molar refractivity (Wildman–Crippen MR) is 71.3 cm³/mol. The van der Waals surface area contributed by atoms with E-state index in [1.807, 2.05) is 0 Å². The molecule has 0 aromatic heterocycles. The van der Waals surface area contributed by atoms with Gasteiger partial charge in [-0.2, -0.15) is 0 Å². The minimum Gasteiger partial charge on any atom is -0.444 e. The second-order valence-corrected chi connectivity index (χ2v) is 5.84. The minimum absolute atomic E-state index is 0.193. The zero-order chi connectivity index (χ0) is 14.3. The molecule has 0 saturated carbocycles. The first-order chi connectivity index (χ1) is 8.11. The Morgan fingerprint density at radius 1 is 1.17 bits per heavy atom. The van der Waals surface area contributed by atoms with Crippen molar-refractivity contribution in [2.45, 2.75) is 59.6 Å². The molecular formula is C13H26N2O3.